The van der Waals surface area contributed by atoms with Gasteiger partial charge in [-0.05, 0) is 56.7 Å². The lowest BCUT2D eigenvalue weighted by Gasteiger charge is -2.39. The van der Waals surface area contributed by atoms with E-state index < -0.39 is 0 Å². The van der Waals surface area contributed by atoms with Gasteiger partial charge in [0.2, 0.25) is 11.8 Å². The van der Waals surface area contributed by atoms with Crippen LogP contribution in [-0.2, 0) is 20.7 Å². The summed E-state index contributed by atoms with van der Waals surface area (Å²) in [7, 11) is 3.24. The molecule has 4 rings (SSSR count). The molecule has 1 aromatic carbocycles. The number of piperidine rings is 1. The molecule has 0 spiro atoms. The van der Waals surface area contributed by atoms with Crippen LogP contribution in [0.2, 0.25) is 0 Å². The lowest BCUT2D eigenvalue weighted by atomic mass is 9.94. The molecule has 3 unspecified atom stereocenters. The standard InChI is InChI=1S/C27H41N3O5/c1-19-15-28(16-20(2)35-19)17-22-8-10-29(11-9-22)27(32)23-14-26(31)30(18-23)12-7-21-5-6-24(33-3)25(13-21)34-4/h5-6,13,19-20,22-23H,7-12,14-18H2,1-4H3. The molecule has 3 heterocycles. The quantitative estimate of drug-likeness (QED) is 0.561. The Kier molecular flexibility index (Phi) is 8.55. The first-order chi connectivity index (χ1) is 16.9. The van der Waals surface area contributed by atoms with Crippen LogP contribution in [0.15, 0.2) is 18.2 Å². The Morgan fingerprint density at radius 3 is 2.37 bits per heavy atom. The van der Waals surface area contributed by atoms with Gasteiger partial charge >= 0.3 is 0 Å². The van der Waals surface area contributed by atoms with Crippen molar-refractivity contribution in [3.05, 3.63) is 23.8 Å². The van der Waals surface area contributed by atoms with E-state index >= 15 is 0 Å². The van der Waals surface area contributed by atoms with E-state index in [0.29, 0.717) is 36.9 Å². The highest BCUT2D eigenvalue weighted by atomic mass is 16.5. The van der Waals surface area contributed by atoms with Crippen LogP contribution in [-0.4, -0.2) is 98.8 Å². The van der Waals surface area contributed by atoms with Crippen LogP contribution in [0.4, 0.5) is 0 Å². The fraction of sp³-hybridized carbons (Fsp3) is 0.704. The first-order valence-electron chi connectivity index (χ1n) is 13.0. The van der Waals surface area contributed by atoms with Crippen LogP contribution in [0.5, 0.6) is 11.5 Å². The Morgan fingerprint density at radius 1 is 1.03 bits per heavy atom. The number of amides is 2. The van der Waals surface area contributed by atoms with E-state index in [9.17, 15) is 9.59 Å². The average Bonchev–Trinajstić information content (AvgIpc) is 3.22. The molecule has 0 bridgehead atoms. The molecule has 194 valence electrons. The van der Waals surface area contributed by atoms with Crippen molar-refractivity contribution in [1.82, 2.24) is 14.7 Å². The molecule has 3 atom stereocenters. The van der Waals surface area contributed by atoms with E-state index in [-0.39, 0.29) is 29.9 Å². The molecule has 3 aliphatic rings. The molecule has 3 fully saturated rings. The van der Waals surface area contributed by atoms with Crippen LogP contribution in [0.1, 0.15) is 38.7 Å². The number of ether oxygens (including phenoxy) is 3. The van der Waals surface area contributed by atoms with Gasteiger partial charge < -0.3 is 24.0 Å². The molecular weight excluding hydrogens is 446 g/mol. The molecule has 0 aliphatic carbocycles. The molecule has 1 aromatic rings. The van der Waals surface area contributed by atoms with Gasteiger partial charge in [0.05, 0.1) is 32.3 Å². The summed E-state index contributed by atoms with van der Waals surface area (Å²) < 4.78 is 16.5. The monoisotopic (exact) mass is 487 g/mol. The summed E-state index contributed by atoms with van der Waals surface area (Å²) in [6.45, 7) is 10.1. The maximum absolute atomic E-state index is 13.2. The van der Waals surface area contributed by atoms with Gasteiger partial charge in [-0.3, -0.25) is 14.5 Å². The molecule has 0 aromatic heterocycles. The Labute approximate surface area is 209 Å². The molecular formula is C27H41N3O5. The van der Waals surface area contributed by atoms with Gasteiger partial charge in [0.1, 0.15) is 0 Å². The number of benzene rings is 1. The lowest BCUT2D eigenvalue weighted by Crippen LogP contribution is -2.49. The Hall–Kier alpha value is -2.32. The fourth-order valence-electron chi connectivity index (χ4n) is 5.85. The number of carbonyl (C=O) groups is 2. The summed E-state index contributed by atoms with van der Waals surface area (Å²) in [6, 6.07) is 5.83. The van der Waals surface area contributed by atoms with E-state index in [1.807, 2.05) is 28.0 Å². The minimum absolute atomic E-state index is 0.0780. The topological polar surface area (TPSA) is 71.5 Å². The lowest BCUT2D eigenvalue weighted by molar-refractivity contribution is -0.137. The van der Waals surface area contributed by atoms with Crippen LogP contribution in [0.3, 0.4) is 0 Å². The zero-order valence-electron chi connectivity index (χ0n) is 21.7. The number of hydrogen-bond acceptors (Lipinski definition) is 6. The smallest absolute Gasteiger partial charge is 0.227 e. The van der Waals surface area contributed by atoms with Crippen molar-refractivity contribution in [3.63, 3.8) is 0 Å². The zero-order valence-corrected chi connectivity index (χ0v) is 21.7. The number of likely N-dealkylation sites (tertiary alicyclic amines) is 2. The highest BCUT2D eigenvalue weighted by molar-refractivity contribution is 5.89. The maximum atomic E-state index is 13.2. The van der Waals surface area contributed by atoms with E-state index in [2.05, 4.69) is 18.7 Å². The third-order valence-electron chi connectivity index (χ3n) is 7.62. The van der Waals surface area contributed by atoms with Crippen molar-refractivity contribution >= 4 is 11.8 Å². The summed E-state index contributed by atoms with van der Waals surface area (Å²) >= 11 is 0. The van der Waals surface area contributed by atoms with Gasteiger partial charge in [-0.1, -0.05) is 6.07 Å². The van der Waals surface area contributed by atoms with Gasteiger partial charge in [0.25, 0.3) is 0 Å². The van der Waals surface area contributed by atoms with Gasteiger partial charge in [-0.2, -0.15) is 0 Å². The normalized spacial score (nSPS) is 26.3. The molecule has 8 nitrogen and oxygen atoms in total. The number of rotatable bonds is 8. The Morgan fingerprint density at radius 2 is 1.71 bits per heavy atom. The number of morpholine rings is 1. The van der Waals surface area contributed by atoms with Crippen LogP contribution in [0, 0.1) is 11.8 Å². The van der Waals surface area contributed by atoms with Crippen molar-refractivity contribution in [2.45, 2.75) is 51.7 Å². The summed E-state index contributed by atoms with van der Waals surface area (Å²) in [4.78, 5) is 32.2. The van der Waals surface area contributed by atoms with Crippen molar-refractivity contribution in [1.29, 1.82) is 0 Å². The third kappa shape index (κ3) is 6.47. The average molecular weight is 488 g/mol. The number of nitrogens with zero attached hydrogens (tertiary/aromatic N) is 3. The maximum Gasteiger partial charge on any atom is 0.227 e. The van der Waals surface area contributed by atoms with E-state index in [0.717, 1.165) is 57.5 Å². The van der Waals surface area contributed by atoms with Gasteiger partial charge in [0, 0.05) is 52.2 Å². The zero-order chi connectivity index (χ0) is 24.9. The Bertz CT molecular complexity index is 876. The van der Waals surface area contributed by atoms with Crippen molar-refractivity contribution in [2.24, 2.45) is 11.8 Å². The van der Waals surface area contributed by atoms with E-state index in [1.54, 1.807) is 14.2 Å². The second kappa shape index (κ2) is 11.6. The highest BCUT2D eigenvalue weighted by Crippen LogP contribution is 2.29. The van der Waals surface area contributed by atoms with Gasteiger partial charge in [-0.25, -0.2) is 0 Å². The molecule has 2 amide bonds. The van der Waals surface area contributed by atoms with E-state index in [1.165, 1.54) is 0 Å². The molecule has 3 aliphatic heterocycles. The summed E-state index contributed by atoms with van der Waals surface area (Å²) in [5, 5.41) is 0. The predicted molar refractivity (Wildman–Crippen MR) is 134 cm³/mol. The molecule has 0 N–H and O–H groups in total. The van der Waals surface area contributed by atoms with Crippen molar-refractivity contribution in [2.75, 3.05) is 60.0 Å². The summed E-state index contributed by atoms with van der Waals surface area (Å²) in [5.74, 6) is 2.02. The van der Waals surface area contributed by atoms with Gasteiger partial charge in [0.15, 0.2) is 11.5 Å². The molecule has 8 heteroatoms. The van der Waals surface area contributed by atoms with Crippen LogP contribution in [0.25, 0.3) is 0 Å². The molecule has 0 saturated carbocycles. The minimum Gasteiger partial charge on any atom is -0.493 e. The highest BCUT2D eigenvalue weighted by Gasteiger charge is 2.37. The third-order valence-corrected chi connectivity index (χ3v) is 7.62. The SMILES string of the molecule is COc1ccc(CCN2CC(C(=O)N3CCC(CN4CC(C)OC(C)C4)CC3)CC2=O)cc1OC. The number of hydrogen-bond donors (Lipinski definition) is 0. The van der Waals surface area contributed by atoms with E-state index in [4.69, 9.17) is 14.2 Å². The summed E-state index contributed by atoms with van der Waals surface area (Å²) in [5.41, 5.74) is 1.08. The second-order valence-electron chi connectivity index (χ2n) is 10.4. The number of methoxy groups -OCH3 is 2. The van der Waals surface area contributed by atoms with Crippen LogP contribution >= 0.6 is 0 Å². The Balaban J connectivity index is 1.22. The second-order valence-corrected chi connectivity index (χ2v) is 10.4. The minimum atomic E-state index is -0.217. The summed E-state index contributed by atoms with van der Waals surface area (Å²) in [6.07, 6.45) is 3.70. The fourth-order valence-corrected chi connectivity index (χ4v) is 5.85. The van der Waals surface area contributed by atoms with Crippen molar-refractivity contribution in [3.8, 4) is 11.5 Å². The van der Waals surface area contributed by atoms with Crippen molar-refractivity contribution < 1.29 is 23.8 Å². The first kappa shape index (κ1) is 25.8. The molecule has 3 saturated heterocycles. The largest absolute Gasteiger partial charge is 0.493 e. The number of carbonyl (C=O) groups excluding carboxylic acids is 2. The van der Waals surface area contributed by atoms with Crippen LogP contribution < -0.4 is 9.47 Å². The predicted octanol–water partition coefficient (Wildman–Crippen LogP) is 2.44. The molecule has 0 radical (unpaired) electrons. The molecule has 35 heavy (non-hydrogen) atoms. The first-order valence-corrected chi connectivity index (χ1v) is 13.0. The van der Waals surface area contributed by atoms with Gasteiger partial charge in [-0.15, -0.1) is 0 Å².